The van der Waals surface area contributed by atoms with E-state index in [0.717, 1.165) is 15.0 Å². The topological polar surface area (TPSA) is 39.9 Å². The molecule has 0 atom stereocenters. The van der Waals surface area contributed by atoms with Crippen LogP contribution < -0.4 is 4.74 Å². The molecule has 0 radical (unpaired) electrons. The van der Waals surface area contributed by atoms with Crippen molar-refractivity contribution in [1.82, 2.24) is 12.4 Å². The third-order valence-electron chi connectivity index (χ3n) is 1.84. The molecular weight excluding hydrogens is 393 g/mol. The Hall–Kier alpha value is -0.150. The van der Waals surface area contributed by atoms with E-state index < -0.39 is 0 Å². The Kier molecular flexibility index (Phi) is 3.62. The molecule has 0 unspecified atom stereocenters. The number of halogens is 2. The number of nitrogens with zero attached hydrogens (tertiary/aromatic N) is 3. The summed E-state index contributed by atoms with van der Waals surface area (Å²) in [6, 6.07) is 1.83. The molecule has 4 nitrogen and oxygen atoms in total. The van der Waals surface area contributed by atoms with Crippen LogP contribution in [0, 0.1) is 6.92 Å². The fourth-order valence-corrected chi connectivity index (χ4v) is 2.67. The van der Waals surface area contributed by atoms with Crippen molar-refractivity contribution in [2.24, 2.45) is 0 Å². The molecule has 0 aliphatic carbocycles. The lowest BCUT2D eigenvalue weighted by molar-refractivity contribution is 0.292. The van der Waals surface area contributed by atoms with E-state index in [1.165, 1.54) is 11.5 Å². The van der Waals surface area contributed by atoms with Gasteiger partial charge in [0.05, 0.1) is 32.3 Å². The molecule has 2 heterocycles. The van der Waals surface area contributed by atoms with E-state index in [1.54, 1.807) is 2.90 Å². The van der Waals surface area contributed by atoms with Crippen molar-refractivity contribution in [3.05, 3.63) is 27.3 Å². The summed E-state index contributed by atoms with van der Waals surface area (Å²) in [4.78, 5) is 0. The highest BCUT2D eigenvalue weighted by Gasteiger charge is 2.09. The lowest BCUT2D eigenvalue weighted by atomic mass is 10.3. The number of ether oxygens (including phenoxy) is 1. The van der Waals surface area contributed by atoms with Gasteiger partial charge in [-0.15, -0.1) is 5.10 Å². The highest BCUT2D eigenvalue weighted by Crippen LogP contribution is 2.25. The van der Waals surface area contributed by atoms with Crippen LogP contribution in [0.3, 0.4) is 0 Å². The van der Waals surface area contributed by atoms with Gasteiger partial charge < -0.3 is 4.74 Å². The van der Waals surface area contributed by atoms with Crippen LogP contribution >= 0.6 is 50.3 Å². The molecule has 15 heavy (non-hydrogen) atoms. The van der Waals surface area contributed by atoms with E-state index in [1.807, 2.05) is 19.2 Å². The van der Waals surface area contributed by atoms with Crippen LogP contribution in [0.4, 0.5) is 0 Å². The van der Waals surface area contributed by atoms with E-state index in [2.05, 4.69) is 48.3 Å². The maximum atomic E-state index is 5.53. The van der Waals surface area contributed by atoms with Gasteiger partial charge in [-0.25, -0.2) is 2.90 Å². The standard InChI is InChI=1S/C8H7BrIN3OS/c1-5-6(8(9)15-12-5)4-14-7-2-3-13(10)11-7/h2-3H,4H2,1H3. The third-order valence-corrected chi connectivity index (χ3v) is 4.06. The fourth-order valence-electron chi connectivity index (χ4n) is 1.03. The van der Waals surface area contributed by atoms with Crippen LogP contribution in [-0.2, 0) is 6.61 Å². The SMILES string of the molecule is Cc1nsc(Br)c1COc1ccn(I)n1. The summed E-state index contributed by atoms with van der Waals surface area (Å²) in [6.07, 6.45) is 1.84. The number of aromatic nitrogens is 3. The molecular formula is C8H7BrIN3OS. The summed E-state index contributed by atoms with van der Waals surface area (Å²) in [7, 11) is 0. The average molecular weight is 400 g/mol. The molecule has 0 aliphatic heterocycles. The van der Waals surface area contributed by atoms with Gasteiger partial charge in [0, 0.05) is 17.8 Å². The molecule has 0 saturated carbocycles. The minimum absolute atomic E-state index is 0.497. The number of rotatable bonds is 3. The Labute approximate surface area is 113 Å². The molecule has 2 aromatic rings. The predicted octanol–water partition coefficient (Wildman–Crippen LogP) is 3.19. The molecule has 0 fully saturated rings. The first-order valence-corrected chi connectivity index (χ1v) is 6.65. The van der Waals surface area contributed by atoms with E-state index in [-0.39, 0.29) is 0 Å². The van der Waals surface area contributed by atoms with Crippen LogP contribution in [0.15, 0.2) is 16.0 Å². The van der Waals surface area contributed by atoms with Crippen molar-refractivity contribution >= 4 is 50.3 Å². The summed E-state index contributed by atoms with van der Waals surface area (Å²) in [5.41, 5.74) is 2.09. The minimum atomic E-state index is 0.497. The molecule has 80 valence electrons. The lowest BCUT2D eigenvalue weighted by Gasteiger charge is -2.01. The first kappa shape index (κ1) is 11.3. The van der Waals surface area contributed by atoms with Gasteiger partial charge in [-0.3, -0.25) is 0 Å². The summed E-state index contributed by atoms with van der Waals surface area (Å²) in [6.45, 7) is 2.47. The van der Waals surface area contributed by atoms with Crippen molar-refractivity contribution in [3.63, 3.8) is 0 Å². The zero-order valence-corrected chi connectivity index (χ0v) is 12.3. The van der Waals surface area contributed by atoms with Crippen LogP contribution in [-0.4, -0.2) is 12.4 Å². The first-order valence-electron chi connectivity index (χ1n) is 4.12. The average Bonchev–Trinajstić information content (AvgIpc) is 2.73. The normalized spacial score (nSPS) is 10.6. The van der Waals surface area contributed by atoms with Crippen molar-refractivity contribution in [1.29, 1.82) is 0 Å². The Morgan fingerprint density at radius 2 is 2.47 bits per heavy atom. The van der Waals surface area contributed by atoms with Gasteiger partial charge in [0.1, 0.15) is 6.61 Å². The summed E-state index contributed by atoms with van der Waals surface area (Å²) >= 11 is 6.95. The second-order valence-electron chi connectivity index (χ2n) is 2.85. The summed E-state index contributed by atoms with van der Waals surface area (Å²) in [5, 5.41) is 4.12. The number of hydrogen-bond donors (Lipinski definition) is 0. The Morgan fingerprint density at radius 3 is 3.00 bits per heavy atom. The van der Waals surface area contributed by atoms with Crippen LogP contribution in [0.2, 0.25) is 0 Å². The molecule has 0 bridgehead atoms. The van der Waals surface area contributed by atoms with Crippen LogP contribution in [0.1, 0.15) is 11.3 Å². The molecule has 0 aliphatic rings. The maximum Gasteiger partial charge on any atom is 0.233 e. The number of aryl methyl sites for hydroxylation is 1. The van der Waals surface area contributed by atoms with Gasteiger partial charge in [-0.1, -0.05) is 0 Å². The smallest absolute Gasteiger partial charge is 0.233 e. The Bertz CT molecular complexity index is 451. The van der Waals surface area contributed by atoms with Crippen LogP contribution in [0.5, 0.6) is 5.88 Å². The van der Waals surface area contributed by atoms with Gasteiger partial charge in [0.25, 0.3) is 0 Å². The highest BCUT2D eigenvalue weighted by molar-refractivity contribution is 14.1. The number of hydrogen-bond acceptors (Lipinski definition) is 4. The molecule has 7 heteroatoms. The van der Waals surface area contributed by atoms with Crippen molar-refractivity contribution in [2.75, 3.05) is 0 Å². The first-order chi connectivity index (χ1) is 7.16. The monoisotopic (exact) mass is 399 g/mol. The molecule has 0 aromatic carbocycles. The molecule has 2 aromatic heterocycles. The second kappa shape index (κ2) is 4.79. The fraction of sp³-hybridized carbons (Fsp3) is 0.250. The van der Waals surface area contributed by atoms with Gasteiger partial charge >= 0.3 is 0 Å². The van der Waals surface area contributed by atoms with E-state index in [9.17, 15) is 0 Å². The minimum Gasteiger partial charge on any atom is -0.472 e. The lowest BCUT2D eigenvalue weighted by Crippen LogP contribution is -1.97. The molecule has 2 rings (SSSR count). The van der Waals surface area contributed by atoms with E-state index in [0.29, 0.717) is 12.5 Å². The summed E-state index contributed by atoms with van der Waals surface area (Å²) < 4.78 is 12.5. The molecule has 0 spiro atoms. The summed E-state index contributed by atoms with van der Waals surface area (Å²) in [5.74, 6) is 0.627. The molecule has 0 amide bonds. The van der Waals surface area contributed by atoms with Crippen molar-refractivity contribution in [2.45, 2.75) is 13.5 Å². The Balaban J connectivity index is 2.05. The zero-order chi connectivity index (χ0) is 10.8. The van der Waals surface area contributed by atoms with Gasteiger partial charge in [-0.05, 0) is 34.4 Å². The molecule has 0 saturated heterocycles. The van der Waals surface area contributed by atoms with Gasteiger partial charge in [-0.2, -0.15) is 4.37 Å². The largest absolute Gasteiger partial charge is 0.472 e. The van der Waals surface area contributed by atoms with E-state index in [4.69, 9.17) is 4.74 Å². The zero-order valence-electron chi connectivity index (χ0n) is 7.78. The second-order valence-corrected chi connectivity index (χ2v) is 5.93. The predicted molar refractivity (Wildman–Crippen MR) is 70.5 cm³/mol. The third kappa shape index (κ3) is 2.70. The van der Waals surface area contributed by atoms with Crippen molar-refractivity contribution < 1.29 is 4.74 Å². The van der Waals surface area contributed by atoms with Crippen LogP contribution in [0.25, 0.3) is 0 Å². The molecule has 0 N–H and O–H groups in total. The quantitative estimate of drug-likeness (QED) is 0.744. The Morgan fingerprint density at radius 1 is 1.67 bits per heavy atom. The highest BCUT2D eigenvalue weighted by atomic mass is 127. The van der Waals surface area contributed by atoms with Gasteiger partial charge in [0.2, 0.25) is 5.88 Å². The van der Waals surface area contributed by atoms with Crippen molar-refractivity contribution in [3.8, 4) is 5.88 Å². The maximum absolute atomic E-state index is 5.53. The van der Waals surface area contributed by atoms with E-state index >= 15 is 0 Å². The van der Waals surface area contributed by atoms with Gasteiger partial charge in [0.15, 0.2) is 0 Å².